The smallest absolute Gasteiger partial charge is 0.303 e. The SMILES string of the molecule is CCC(C)(C)C(=O)NCCCCCNC(=O)CCCCOOCCCC(=O)O. The standard InChI is InChI=1S/C20H38N2O6/c1-4-20(2,3)19(26)22-14-8-5-7-13-21-17(23)11-6-9-15-27-28-16-10-12-18(24)25/h4-16H2,1-3H3,(H,21,23)(H,22,26)(H,24,25). The third-order valence-corrected chi connectivity index (χ3v) is 4.54. The van der Waals surface area contributed by atoms with Crippen LogP contribution in [0.5, 0.6) is 0 Å². The van der Waals surface area contributed by atoms with Crippen LogP contribution in [0.15, 0.2) is 0 Å². The first kappa shape index (κ1) is 26.3. The summed E-state index contributed by atoms with van der Waals surface area (Å²) in [5, 5.41) is 14.3. The molecule has 3 N–H and O–H groups in total. The van der Waals surface area contributed by atoms with Crippen LogP contribution in [0.1, 0.15) is 78.6 Å². The lowest BCUT2D eigenvalue weighted by molar-refractivity contribution is -0.295. The van der Waals surface area contributed by atoms with E-state index in [2.05, 4.69) is 10.6 Å². The van der Waals surface area contributed by atoms with Crippen LogP contribution in [0.4, 0.5) is 0 Å². The monoisotopic (exact) mass is 402 g/mol. The second-order valence-corrected chi connectivity index (χ2v) is 7.50. The van der Waals surface area contributed by atoms with Gasteiger partial charge in [-0.3, -0.25) is 14.4 Å². The zero-order valence-electron chi connectivity index (χ0n) is 17.7. The van der Waals surface area contributed by atoms with Gasteiger partial charge < -0.3 is 15.7 Å². The minimum atomic E-state index is -0.850. The molecule has 28 heavy (non-hydrogen) atoms. The topological polar surface area (TPSA) is 114 Å². The van der Waals surface area contributed by atoms with E-state index in [1.165, 1.54) is 0 Å². The minimum absolute atomic E-state index is 0.0281. The van der Waals surface area contributed by atoms with E-state index in [4.69, 9.17) is 14.9 Å². The number of aliphatic carboxylic acids is 1. The molecule has 0 bridgehead atoms. The molecule has 0 saturated heterocycles. The molecule has 0 aliphatic rings. The summed E-state index contributed by atoms with van der Waals surface area (Å²) in [6, 6.07) is 0. The summed E-state index contributed by atoms with van der Waals surface area (Å²) in [6.07, 6.45) is 5.93. The summed E-state index contributed by atoms with van der Waals surface area (Å²) in [4.78, 5) is 43.7. The van der Waals surface area contributed by atoms with Gasteiger partial charge in [0.05, 0.1) is 13.2 Å². The van der Waals surface area contributed by atoms with Gasteiger partial charge in [0.15, 0.2) is 0 Å². The zero-order valence-corrected chi connectivity index (χ0v) is 17.7. The Morgan fingerprint density at radius 2 is 1.43 bits per heavy atom. The Balaban J connectivity index is 3.38. The number of rotatable bonds is 18. The third-order valence-electron chi connectivity index (χ3n) is 4.54. The Bertz CT molecular complexity index is 454. The van der Waals surface area contributed by atoms with Gasteiger partial charge in [0.1, 0.15) is 0 Å². The maximum Gasteiger partial charge on any atom is 0.303 e. The lowest BCUT2D eigenvalue weighted by Gasteiger charge is -2.21. The van der Waals surface area contributed by atoms with Gasteiger partial charge in [0.25, 0.3) is 0 Å². The van der Waals surface area contributed by atoms with Crippen molar-refractivity contribution < 1.29 is 29.3 Å². The summed E-state index contributed by atoms with van der Waals surface area (Å²) in [5.41, 5.74) is -0.314. The highest BCUT2D eigenvalue weighted by Gasteiger charge is 2.24. The molecule has 0 aliphatic carbocycles. The van der Waals surface area contributed by atoms with E-state index in [0.29, 0.717) is 45.4 Å². The van der Waals surface area contributed by atoms with E-state index in [1.807, 2.05) is 20.8 Å². The number of nitrogens with one attached hydrogen (secondary N) is 2. The largest absolute Gasteiger partial charge is 0.481 e. The fourth-order valence-electron chi connectivity index (χ4n) is 2.19. The van der Waals surface area contributed by atoms with Crippen LogP contribution in [-0.2, 0) is 24.2 Å². The number of carboxylic acids is 1. The number of carbonyl (C=O) groups is 3. The molecule has 0 aromatic rings. The number of carboxylic acid groups (broad SMARTS) is 1. The van der Waals surface area contributed by atoms with E-state index < -0.39 is 5.97 Å². The Hall–Kier alpha value is -1.67. The first-order valence-electron chi connectivity index (χ1n) is 10.3. The van der Waals surface area contributed by atoms with Crippen molar-refractivity contribution in [1.29, 1.82) is 0 Å². The van der Waals surface area contributed by atoms with Gasteiger partial charge in [-0.1, -0.05) is 20.8 Å². The molecule has 164 valence electrons. The van der Waals surface area contributed by atoms with Crippen molar-refractivity contribution in [2.24, 2.45) is 5.41 Å². The Morgan fingerprint density at radius 3 is 2.04 bits per heavy atom. The molecule has 0 rings (SSSR count). The van der Waals surface area contributed by atoms with Crippen molar-refractivity contribution in [3.63, 3.8) is 0 Å². The Labute approximate surface area is 168 Å². The highest BCUT2D eigenvalue weighted by Crippen LogP contribution is 2.19. The summed E-state index contributed by atoms with van der Waals surface area (Å²) in [7, 11) is 0. The number of amides is 2. The van der Waals surface area contributed by atoms with Gasteiger partial charge in [-0.2, -0.15) is 0 Å². The predicted molar refractivity (Wildman–Crippen MR) is 107 cm³/mol. The summed E-state index contributed by atoms with van der Waals surface area (Å²) in [5.74, 6) is -0.726. The molecule has 0 atom stereocenters. The van der Waals surface area contributed by atoms with Crippen LogP contribution in [0.25, 0.3) is 0 Å². The van der Waals surface area contributed by atoms with Crippen LogP contribution in [0.3, 0.4) is 0 Å². The lowest BCUT2D eigenvalue weighted by Crippen LogP contribution is -2.37. The van der Waals surface area contributed by atoms with Gasteiger partial charge >= 0.3 is 5.97 Å². The molecule has 8 nitrogen and oxygen atoms in total. The maximum atomic E-state index is 11.9. The van der Waals surface area contributed by atoms with Gasteiger partial charge in [-0.05, 0) is 44.9 Å². The molecule has 0 unspecified atom stereocenters. The molecule has 0 heterocycles. The van der Waals surface area contributed by atoms with Crippen molar-refractivity contribution in [3.05, 3.63) is 0 Å². The Kier molecular flexibility index (Phi) is 15.3. The quantitative estimate of drug-likeness (QED) is 0.185. The lowest BCUT2D eigenvalue weighted by atomic mass is 9.89. The second kappa shape index (κ2) is 16.3. The van der Waals surface area contributed by atoms with Crippen molar-refractivity contribution in [2.75, 3.05) is 26.3 Å². The summed E-state index contributed by atoms with van der Waals surface area (Å²) >= 11 is 0. The highest BCUT2D eigenvalue weighted by molar-refractivity contribution is 5.81. The van der Waals surface area contributed by atoms with Crippen molar-refractivity contribution in [1.82, 2.24) is 10.6 Å². The molecule has 0 fully saturated rings. The number of unbranched alkanes of at least 4 members (excludes halogenated alkanes) is 3. The van der Waals surface area contributed by atoms with Crippen molar-refractivity contribution in [2.45, 2.75) is 78.6 Å². The molecular formula is C20H38N2O6. The fourth-order valence-corrected chi connectivity index (χ4v) is 2.19. The fraction of sp³-hybridized carbons (Fsp3) is 0.850. The molecule has 0 spiro atoms. The Morgan fingerprint density at radius 1 is 0.821 bits per heavy atom. The van der Waals surface area contributed by atoms with E-state index >= 15 is 0 Å². The van der Waals surface area contributed by atoms with E-state index in [1.54, 1.807) is 0 Å². The third kappa shape index (κ3) is 15.4. The number of hydrogen-bond donors (Lipinski definition) is 3. The van der Waals surface area contributed by atoms with E-state index in [9.17, 15) is 14.4 Å². The number of carbonyl (C=O) groups excluding carboxylic acids is 2. The van der Waals surface area contributed by atoms with E-state index in [0.717, 1.165) is 25.7 Å². The van der Waals surface area contributed by atoms with Crippen LogP contribution in [0, 0.1) is 5.41 Å². The van der Waals surface area contributed by atoms with Crippen LogP contribution in [0.2, 0.25) is 0 Å². The van der Waals surface area contributed by atoms with Crippen molar-refractivity contribution >= 4 is 17.8 Å². The predicted octanol–water partition coefficient (Wildman–Crippen LogP) is 2.81. The minimum Gasteiger partial charge on any atom is -0.481 e. The van der Waals surface area contributed by atoms with Gasteiger partial charge in [0.2, 0.25) is 11.8 Å². The van der Waals surface area contributed by atoms with Crippen molar-refractivity contribution in [3.8, 4) is 0 Å². The molecule has 2 amide bonds. The van der Waals surface area contributed by atoms with E-state index in [-0.39, 0.29) is 30.3 Å². The molecule has 0 radical (unpaired) electrons. The average molecular weight is 403 g/mol. The maximum absolute atomic E-state index is 11.9. The van der Waals surface area contributed by atoms with Gasteiger partial charge in [-0.15, -0.1) is 0 Å². The van der Waals surface area contributed by atoms with Crippen LogP contribution < -0.4 is 10.6 Å². The molecule has 0 aromatic carbocycles. The van der Waals surface area contributed by atoms with Gasteiger partial charge in [0, 0.05) is 31.3 Å². The normalized spacial score (nSPS) is 11.2. The molecule has 8 heteroatoms. The zero-order chi connectivity index (χ0) is 21.3. The first-order valence-corrected chi connectivity index (χ1v) is 10.3. The summed E-state index contributed by atoms with van der Waals surface area (Å²) < 4.78 is 0. The second-order valence-electron chi connectivity index (χ2n) is 7.50. The first-order chi connectivity index (χ1) is 13.3. The molecule has 0 aromatic heterocycles. The van der Waals surface area contributed by atoms with Crippen LogP contribution in [-0.4, -0.2) is 49.2 Å². The molecule has 0 aliphatic heterocycles. The highest BCUT2D eigenvalue weighted by atomic mass is 17.2. The molecule has 0 saturated carbocycles. The van der Waals surface area contributed by atoms with Crippen LogP contribution >= 0.6 is 0 Å². The average Bonchev–Trinajstić information content (AvgIpc) is 2.65. The van der Waals surface area contributed by atoms with Gasteiger partial charge in [-0.25, -0.2) is 9.78 Å². The number of hydrogen-bond acceptors (Lipinski definition) is 5. The molecular weight excluding hydrogens is 364 g/mol. The summed E-state index contributed by atoms with van der Waals surface area (Å²) in [6.45, 7) is 7.87.